The molecule has 4 aliphatic heterocycles. The Kier molecular flexibility index (Phi) is 21.6. The molecule has 0 aliphatic carbocycles. The van der Waals surface area contributed by atoms with Gasteiger partial charge >= 0.3 is 24.1 Å². The molecule has 4 aliphatic rings. The number of amides is 3. The van der Waals surface area contributed by atoms with Crippen molar-refractivity contribution in [2.75, 3.05) is 113 Å². The summed E-state index contributed by atoms with van der Waals surface area (Å²) in [5.74, 6) is -2.27. The molecule has 9 heterocycles. The third-order valence-corrected chi connectivity index (χ3v) is 17.0. The van der Waals surface area contributed by atoms with E-state index in [0.717, 1.165) is 21.8 Å². The van der Waals surface area contributed by atoms with Crippen molar-refractivity contribution in [2.45, 2.75) is 67.2 Å². The highest BCUT2D eigenvalue weighted by molar-refractivity contribution is 6.08. The minimum absolute atomic E-state index is 0.0425. The maximum absolute atomic E-state index is 13.7. The van der Waals surface area contributed by atoms with E-state index in [4.69, 9.17) is 23.0 Å². The van der Waals surface area contributed by atoms with Crippen LogP contribution in [0.1, 0.15) is 100 Å². The Morgan fingerprint density at radius 3 is 1.17 bits per heavy atom. The molecule has 0 bridgehead atoms. The van der Waals surface area contributed by atoms with Gasteiger partial charge in [0.25, 0.3) is 34.4 Å². The van der Waals surface area contributed by atoms with Crippen LogP contribution in [0.15, 0.2) is 150 Å². The van der Waals surface area contributed by atoms with Gasteiger partial charge in [-0.15, -0.1) is 0 Å². The van der Waals surface area contributed by atoms with E-state index in [0.29, 0.717) is 98.1 Å². The quantitative estimate of drug-likeness (QED) is 0.0728. The smallest absolute Gasteiger partial charge is 0.406 e. The van der Waals surface area contributed by atoms with Crippen LogP contribution in [-0.4, -0.2) is 175 Å². The first-order valence-corrected chi connectivity index (χ1v) is 32.4. The fourth-order valence-corrected chi connectivity index (χ4v) is 12.6. The molecule has 5 aromatic heterocycles. The van der Waals surface area contributed by atoms with Crippen LogP contribution < -0.4 is 31.4 Å². The van der Waals surface area contributed by atoms with E-state index in [1.807, 2.05) is 64.4 Å². The number of nitrogens with zero attached hydrogens (tertiary/aromatic N) is 10. The molecule has 0 unspecified atom stereocenters. The van der Waals surface area contributed by atoms with E-state index in [2.05, 4.69) is 25.8 Å². The Labute approximate surface area is 561 Å². The van der Waals surface area contributed by atoms with E-state index < -0.39 is 41.8 Å². The second-order valence-electron chi connectivity index (χ2n) is 24.6. The van der Waals surface area contributed by atoms with Crippen molar-refractivity contribution in [3.63, 3.8) is 0 Å². The molecule has 516 valence electrons. The first kappa shape index (κ1) is 70.1. The predicted molar refractivity (Wildman–Crippen MR) is 363 cm³/mol. The average molecular weight is 1350 g/mol. The zero-order valence-corrected chi connectivity index (χ0v) is 55.6. The van der Waals surface area contributed by atoms with Crippen LogP contribution in [0.5, 0.6) is 0 Å². The van der Waals surface area contributed by atoms with Crippen LogP contribution in [0, 0.1) is 5.41 Å². The highest BCUT2D eigenvalue weighted by Gasteiger charge is 2.37. The summed E-state index contributed by atoms with van der Waals surface area (Å²) in [5.41, 5.74) is 1.10. The molecule has 3 aromatic carbocycles. The van der Waals surface area contributed by atoms with Gasteiger partial charge in [-0.1, -0.05) is 75.4 Å². The Hall–Kier alpha value is -10.7. The maximum atomic E-state index is 13.7. The van der Waals surface area contributed by atoms with Crippen molar-refractivity contribution >= 4 is 91.6 Å². The van der Waals surface area contributed by atoms with Gasteiger partial charge in [0.15, 0.2) is 11.5 Å². The highest BCUT2D eigenvalue weighted by Crippen LogP contribution is 2.36. The van der Waals surface area contributed by atoms with Gasteiger partial charge < -0.3 is 61.6 Å². The Bertz CT molecular complexity index is 4350. The lowest BCUT2D eigenvalue weighted by Gasteiger charge is -2.37. The van der Waals surface area contributed by atoms with Crippen LogP contribution in [0.4, 0.5) is 30.2 Å². The van der Waals surface area contributed by atoms with Gasteiger partial charge in [0.05, 0.1) is 66.0 Å². The highest BCUT2D eigenvalue weighted by atomic mass is 19.4. The number of alkyl halides is 3. The number of furan rings is 2. The topological polar surface area (TPSA) is 254 Å². The van der Waals surface area contributed by atoms with Crippen LogP contribution in [0.2, 0.25) is 0 Å². The lowest BCUT2D eigenvalue weighted by molar-refractivity contribution is -0.140. The number of anilines is 3. The van der Waals surface area contributed by atoms with Gasteiger partial charge in [-0.25, -0.2) is 14.4 Å². The first-order chi connectivity index (χ1) is 46.9. The van der Waals surface area contributed by atoms with E-state index in [-0.39, 0.29) is 108 Å². The van der Waals surface area contributed by atoms with Gasteiger partial charge in [-0.05, 0) is 74.7 Å². The summed E-state index contributed by atoms with van der Waals surface area (Å²) in [6.45, 7) is 15.3. The third kappa shape index (κ3) is 15.1. The van der Waals surface area contributed by atoms with Crippen LogP contribution in [0.25, 0.3) is 32.7 Å². The van der Waals surface area contributed by atoms with Gasteiger partial charge in [0, 0.05) is 121 Å². The SMILES string of the molecule is CCOC(=O)c1c(N2CCN(C(=O)C3=CCC=N3)CC2)c2ccccc2n(C)c1=O.CCOC(=O)c1c(N2CCN(C(=O)c3ccco3)CC2)c2ccccc2n(CC(C)(C)C)c1=O.CCOC(=O)c1c(N2CCN(C(=O)c3ccco3)CC2)c2ccccc2n(CC(F)(F)F)c1=O. The molecular weight excluding hydrogens is 1270 g/mol. The Balaban J connectivity index is 0.000000160. The lowest BCUT2D eigenvalue weighted by atomic mass is 9.96. The van der Waals surface area contributed by atoms with Crippen molar-refractivity contribution in [1.82, 2.24) is 28.4 Å². The molecule has 0 N–H and O–H groups in total. The standard InChI is InChI=1S/C26H31N3O5.C23H22F3N3O5.C22H24N4O4/c1-5-33-25(32)21-22(27-12-14-28(15-13-27)23(30)20-11-8-16-34-20)18-9-6-7-10-19(18)29(24(21)31)17-26(2,3)4;1-2-33-22(32)18-19(27-9-11-28(12-10-27)20(30)17-8-5-13-34-17)15-6-3-4-7-16(15)29(21(18)31)14-23(24,25)26;1-3-30-22(29)18-19(15-7-4-5-9-17(15)24(2)21(18)28)25-11-13-26(14-12-25)20(27)16-8-6-10-23-16/h6-11,16H,5,12-15,17H2,1-4H3;3-8,13H,2,9-12,14H2,1H3;4-5,7-10H,3,6,11-14H2,1-2H3. The van der Waals surface area contributed by atoms with E-state index in [1.165, 1.54) is 29.2 Å². The summed E-state index contributed by atoms with van der Waals surface area (Å²) in [5, 5.41) is 1.95. The number of aliphatic imine (C=N–C) groups is 1. The number of aryl methyl sites for hydroxylation is 1. The molecule has 8 aromatic rings. The number of piperazine rings is 3. The second kappa shape index (κ2) is 30.1. The first-order valence-electron chi connectivity index (χ1n) is 32.4. The van der Waals surface area contributed by atoms with Crippen molar-refractivity contribution in [1.29, 1.82) is 0 Å². The molecule has 3 fully saturated rings. The van der Waals surface area contributed by atoms with Crippen molar-refractivity contribution in [3.8, 4) is 0 Å². The normalized spacial score (nSPS) is 15.0. The van der Waals surface area contributed by atoms with Crippen molar-refractivity contribution < 1.29 is 65.0 Å². The number of para-hydroxylation sites is 3. The second-order valence-corrected chi connectivity index (χ2v) is 24.6. The van der Waals surface area contributed by atoms with Gasteiger partial charge in [-0.3, -0.25) is 38.3 Å². The number of carbonyl (C=O) groups is 6. The summed E-state index contributed by atoms with van der Waals surface area (Å²) in [6, 6.07) is 27.8. The fourth-order valence-electron chi connectivity index (χ4n) is 12.6. The Morgan fingerprint density at radius 1 is 0.469 bits per heavy atom. The maximum Gasteiger partial charge on any atom is 0.406 e. The lowest BCUT2D eigenvalue weighted by Crippen LogP contribution is -2.50. The monoisotopic (exact) mass is 1350 g/mol. The van der Waals surface area contributed by atoms with Crippen molar-refractivity contribution in [3.05, 3.63) is 181 Å². The fraction of sp³-hybridized carbons (Fsp3) is 0.380. The molecule has 98 heavy (non-hydrogen) atoms. The molecule has 0 atom stereocenters. The number of fused-ring (bicyclic) bond motifs is 3. The summed E-state index contributed by atoms with van der Waals surface area (Å²) in [7, 11) is 1.66. The van der Waals surface area contributed by atoms with E-state index in [9.17, 15) is 56.3 Å². The summed E-state index contributed by atoms with van der Waals surface area (Å²) in [4.78, 5) is 131. The number of hydrogen-bond acceptors (Lipinski definition) is 18. The number of esters is 3. The number of hydrogen-bond donors (Lipinski definition) is 0. The molecule has 3 saturated heterocycles. The molecule has 0 spiro atoms. The number of carbonyl (C=O) groups excluding carboxylic acids is 6. The minimum atomic E-state index is -4.67. The van der Waals surface area contributed by atoms with E-state index >= 15 is 0 Å². The third-order valence-electron chi connectivity index (χ3n) is 17.0. The molecule has 3 amide bonds. The van der Waals surface area contributed by atoms with Gasteiger partial charge in [-0.2, -0.15) is 13.2 Å². The van der Waals surface area contributed by atoms with Gasteiger partial charge in [0.1, 0.15) is 28.9 Å². The predicted octanol–water partition coefficient (Wildman–Crippen LogP) is 8.80. The zero-order chi connectivity index (χ0) is 70.2. The van der Waals surface area contributed by atoms with Gasteiger partial charge in [0.2, 0.25) is 0 Å². The van der Waals surface area contributed by atoms with Crippen LogP contribution in [-0.2, 0) is 39.1 Å². The van der Waals surface area contributed by atoms with Crippen LogP contribution >= 0.6 is 0 Å². The largest absolute Gasteiger partial charge is 0.462 e. The number of aromatic nitrogens is 3. The number of ether oxygens (including phenoxy) is 3. The summed E-state index contributed by atoms with van der Waals surface area (Å²) < 4.78 is 69.6. The molecule has 0 saturated carbocycles. The molecule has 24 nitrogen and oxygen atoms in total. The molecule has 0 radical (unpaired) electrons. The summed E-state index contributed by atoms with van der Waals surface area (Å²) in [6.07, 6.45) is 2.44. The zero-order valence-electron chi connectivity index (χ0n) is 55.6. The average Bonchev–Trinajstić information content (AvgIpc) is 0.981. The molecule has 12 rings (SSSR count). The number of halogens is 3. The summed E-state index contributed by atoms with van der Waals surface area (Å²) >= 11 is 0. The number of benzene rings is 3. The Morgan fingerprint density at radius 2 is 0.827 bits per heavy atom. The number of allylic oxidation sites excluding steroid dienone is 1. The molecule has 27 heteroatoms. The van der Waals surface area contributed by atoms with Crippen LogP contribution in [0.3, 0.4) is 0 Å². The molecular formula is C71H77F3N10O14. The number of pyridine rings is 3. The minimum Gasteiger partial charge on any atom is -0.462 e. The van der Waals surface area contributed by atoms with Crippen molar-refractivity contribution in [2.24, 2.45) is 17.5 Å². The van der Waals surface area contributed by atoms with E-state index in [1.54, 1.807) is 94.6 Å². The number of rotatable bonds is 14.